The third kappa shape index (κ3) is 4.06. The Bertz CT molecular complexity index is 784. The molecule has 0 aliphatic heterocycles. The number of carbonyl (C=O) groups excluding carboxylic acids is 1. The molecule has 148 valence electrons. The summed E-state index contributed by atoms with van der Waals surface area (Å²) in [6, 6.07) is 6.72. The van der Waals surface area contributed by atoms with E-state index in [-0.39, 0.29) is 23.9 Å². The number of rotatable bonds is 4. The Labute approximate surface area is 162 Å². The highest BCUT2D eigenvalue weighted by atomic mass is 35.5. The van der Waals surface area contributed by atoms with Gasteiger partial charge >= 0.3 is 6.18 Å². The first-order valence-electron chi connectivity index (χ1n) is 8.58. The number of anilines is 1. The Morgan fingerprint density at radius 2 is 1.89 bits per heavy atom. The van der Waals surface area contributed by atoms with Crippen molar-refractivity contribution in [3.05, 3.63) is 53.1 Å². The van der Waals surface area contributed by atoms with Gasteiger partial charge in [0, 0.05) is 6.04 Å². The van der Waals surface area contributed by atoms with Crippen LogP contribution < -0.4 is 4.90 Å². The highest BCUT2D eigenvalue weighted by molar-refractivity contribution is 6.33. The zero-order valence-electron chi connectivity index (χ0n) is 15.6. The Balaban J connectivity index is 2.34. The lowest BCUT2D eigenvalue weighted by Gasteiger charge is -2.38. The zero-order chi connectivity index (χ0) is 20.6. The van der Waals surface area contributed by atoms with Crippen molar-refractivity contribution in [1.29, 1.82) is 0 Å². The average molecular weight is 402 g/mol. The Morgan fingerprint density at radius 3 is 2.33 bits per heavy atom. The summed E-state index contributed by atoms with van der Waals surface area (Å²) in [5, 5.41) is 10.3. The van der Waals surface area contributed by atoms with Gasteiger partial charge in [-0.25, -0.2) is 0 Å². The molecule has 1 N–H and O–H groups in total. The van der Waals surface area contributed by atoms with Gasteiger partial charge in [0.15, 0.2) is 5.60 Å². The molecule has 1 aliphatic carbocycles. The molecule has 0 radical (unpaired) electrons. The van der Waals surface area contributed by atoms with Crippen LogP contribution in [-0.2, 0) is 4.79 Å². The summed E-state index contributed by atoms with van der Waals surface area (Å²) < 4.78 is 39.2. The molecule has 27 heavy (non-hydrogen) atoms. The van der Waals surface area contributed by atoms with E-state index in [2.05, 4.69) is 0 Å². The van der Waals surface area contributed by atoms with Crippen LogP contribution in [0.1, 0.15) is 34.1 Å². The lowest BCUT2D eigenvalue weighted by Crippen LogP contribution is -2.47. The van der Waals surface area contributed by atoms with E-state index >= 15 is 0 Å². The number of benzene rings is 1. The second-order valence-corrected chi connectivity index (χ2v) is 7.81. The summed E-state index contributed by atoms with van der Waals surface area (Å²) >= 11 is 6.24. The zero-order valence-corrected chi connectivity index (χ0v) is 16.4. The first-order valence-corrected chi connectivity index (χ1v) is 8.96. The molecule has 0 bridgehead atoms. The molecule has 7 heteroatoms. The van der Waals surface area contributed by atoms with Crippen LogP contribution in [0.2, 0.25) is 5.02 Å². The topological polar surface area (TPSA) is 40.5 Å². The van der Waals surface area contributed by atoms with Gasteiger partial charge in [0.2, 0.25) is 5.91 Å². The number of para-hydroxylation sites is 1. The van der Waals surface area contributed by atoms with Crippen molar-refractivity contribution in [1.82, 2.24) is 0 Å². The molecule has 2 rings (SSSR count). The van der Waals surface area contributed by atoms with E-state index in [0.29, 0.717) is 17.6 Å². The van der Waals surface area contributed by atoms with Crippen molar-refractivity contribution in [2.75, 3.05) is 4.90 Å². The largest absolute Gasteiger partial charge is 0.421 e. The lowest BCUT2D eigenvalue weighted by atomic mass is 9.77. The van der Waals surface area contributed by atoms with Crippen molar-refractivity contribution in [3.63, 3.8) is 0 Å². The molecule has 0 spiro atoms. The Kier molecular flexibility index (Phi) is 5.83. The lowest BCUT2D eigenvalue weighted by molar-refractivity contribution is -0.235. The number of alkyl halides is 3. The first kappa shape index (κ1) is 21.5. The van der Waals surface area contributed by atoms with Gasteiger partial charge in [0.05, 0.1) is 16.1 Å². The summed E-state index contributed by atoms with van der Waals surface area (Å²) in [5.74, 6) is -0.274. The van der Waals surface area contributed by atoms with Crippen LogP contribution in [0.3, 0.4) is 0 Å². The number of halogens is 4. The van der Waals surface area contributed by atoms with Crippen molar-refractivity contribution in [2.45, 2.75) is 51.9 Å². The number of hydrogen-bond donors (Lipinski definition) is 1. The van der Waals surface area contributed by atoms with Crippen LogP contribution in [0.25, 0.3) is 0 Å². The van der Waals surface area contributed by atoms with E-state index in [1.807, 2.05) is 13.8 Å². The molecule has 1 aromatic rings. The van der Waals surface area contributed by atoms with Gasteiger partial charge in [-0.05, 0) is 51.8 Å². The third-order valence-electron chi connectivity index (χ3n) is 4.83. The molecular formula is C20H23ClF3NO2. The van der Waals surface area contributed by atoms with E-state index in [4.69, 9.17) is 11.6 Å². The second-order valence-electron chi connectivity index (χ2n) is 7.40. The summed E-state index contributed by atoms with van der Waals surface area (Å²) in [4.78, 5) is 14.8. The Morgan fingerprint density at radius 1 is 1.30 bits per heavy atom. The van der Waals surface area contributed by atoms with Gasteiger partial charge < -0.3 is 10.0 Å². The van der Waals surface area contributed by atoms with E-state index in [9.17, 15) is 23.1 Å². The molecule has 2 atom stereocenters. The molecular weight excluding hydrogens is 379 g/mol. The molecule has 1 amide bonds. The van der Waals surface area contributed by atoms with Crippen molar-refractivity contribution in [2.24, 2.45) is 5.41 Å². The number of allylic oxidation sites excluding steroid dienone is 1. The van der Waals surface area contributed by atoms with Crippen molar-refractivity contribution < 1.29 is 23.1 Å². The van der Waals surface area contributed by atoms with Gasteiger partial charge in [-0.2, -0.15) is 13.2 Å². The highest BCUT2D eigenvalue weighted by Gasteiger charge is 2.52. The predicted octanol–water partition coefficient (Wildman–Crippen LogP) is 5.29. The molecule has 3 nitrogen and oxygen atoms in total. The molecule has 0 saturated carbocycles. The molecule has 1 aromatic carbocycles. The predicted molar refractivity (Wildman–Crippen MR) is 101 cm³/mol. The van der Waals surface area contributed by atoms with Gasteiger partial charge in [-0.1, -0.05) is 42.0 Å². The molecule has 0 aromatic heterocycles. The number of amides is 1. The van der Waals surface area contributed by atoms with Crippen LogP contribution in [0, 0.1) is 5.41 Å². The minimum absolute atomic E-state index is 0.0393. The summed E-state index contributed by atoms with van der Waals surface area (Å²) in [5.41, 5.74) is -3.73. The second kappa shape index (κ2) is 7.32. The number of nitrogens with zero attached hydrogens (tertiary/aromatic N) is 1. The SMILES string of the molecule is CC(C)N(C(=O)C1(C)C=CC(C(C)(O)C(F)(F)F)=CC1)c1ccccc1Cl. The number of carbonyl (C=O) groups is 1. The molecule has 0 saturated heterocycles. The van der Waals surface area contributed by atoms with Crippen LogP contribution >= 0.6 is 11.6 Å². The standard InChI is InChI=1S/C20H23ClF3NO2/c1-13(2)25(16-8-6-5-7-15(16)21)17(26)18(3)11-9-14(10-12-18)19(4,27)20(22,23)24/h5-11,13,27H,12H2,1-4H3. The third-order valence-corrected chi connectivity index (χ3v) is 5.15. The average Bonchev–Trinajstić information content (AvgIpc) is 2.56. The maximum absolute atomic E-state index is 13.3. The monoisotopic (exact) mass is 401 g/mol. The van der Waals surface area contributed by atoms with Gasteiger partial charge in [-0.15, -0.1) is 0 Å². The minimum atomic E-state index is -4.80. The molecule has 0 heterocycles. The molecule has 0 fully saturated rings. The van der Waals surface area contributed by atoms with Gasteiger partial charge in [-0.3, -0.25) is 4.79 Å². The fraction of sp³-hybridized carbons (Fsp3) is 0.450. The van der Waals surface area contributed by atoms with Crippen molar-refractivity contribution in [3.8, 4) is 0 Å². The number of aliphatic hydroxyl groups is 1. The van der Waals surface area contributed by atoms with Crippen molar-refractivity contribution >= 4 is 23.2 Å². The van der Waals surface area contributed by atoms with Crippen LogP contribution in [0.5, 0.6) is 0 Å². The van der Waals surface area contributed by atoms with Gasteiger partial charge in [0.25, 0.3) is 0 Å². The van der Waals surface area contributed by atoms with Gasteiger partial charge in [0.1, 0.15) is 0 Å². The normalized spacial score (nSPS) is 22.4. The summed E-state index contributed by atoms with van der Waals surface area (Å²) in [7, 11) is 0. The maximum atomic E-state index is 13.3. The highest BCUT2D eigenvalue weighted by Crippen LogP contribution is 2.42. The molecule has 1 aliphatic rings. The first-order chi connectivity index (χ1) is 12.3. The minimum Gasteiger partial charge on any atom is -0.376 e. The summed E-state index contributed by atoms with van der Waals surface area (Å²) in [6.45, 7) is 6.05. The van der Waals surface area contributed by atoms with E-state index in [0.717, 1.165) is 0 Å². The van der Waals surface area contributed by atoms with E-state index < -0.39 is 17.2 Å². The molecule has 2 unspecified atom stereocenters. The van der Waals surface area contributed by atoms with E-state index in [1.165, 1.54) is 18.2 Å². The summed E-state index contributed by atoms with van der Waals surface area (Å²) in [6.07, 6.45) is -0.881. The fourth-order valence-corrected chi connectivity index (χ4v) is 3.19. The quantitative estimate of drug-likeness (QED) is 0.744. The Hall–Kier alpha value is -1.79. The van der Waals surface area contributed by atoms with Crippen LogP contribution in [-0.4, -0.2) is 28.8 Å². The smallest absolute Gasteiger partial charge is 0.376 e. The van der Waals surface area contributed by atoms with Crippen LogP contribution in [0.15, 0.2) is 48.1 Å². The van der Waals surface area contributed by atoms with Crippen LogP contribution in [0.4, 0.5) is 18.9 Å². The van der Waals surface area contributed by atoms with E-state index in [1.54, 1.807) is 36.1 Å². The maximum Gasteiger partial charge on any atom is 0.421 e. The fourth-order valence-electron chi connectivity index (χ4n) is 2.96. The number of hydrogen-bond acceptors (Lipinski definition) is 2.